The fourth-order valence-corrected chi connectivity index (χ4v) is 6.60. The second kappa shape index (κ2) is 8.88. The van der Waals surface area contributed by atoms with E-state index in [0.29, 0.717) is 18.1 Å². The Hall–Kier alpha value is -3.17. The van der Waals surface area contributed by atoms with Crippen LogP contribution in [0.5, 0.6) is 0 Å². The Balaban J connectivity index is 1.32. The molecule has 0 radical (unpaired) electrons. The molecule has 0 saturated carbocycles. The minimum absolute atomic E-state index is 0.547. The summed E-state index contributed by atoms with van der Waals surface area (Å²) < 4.78 is 7.70. The van der Waals surface area contributed by atoms with E-state index in [1.807, 2.05) is 18.2 Å². The number of hydrogen-bond acceptors (Lipinski definition) is 8. The molecule has 4 heterocycles. The van der Waals surface area contributed by atoms with Gasteiger partial charge in [0.1, 0.15) is 22.2 Å². The van der Waals surface area contributed by atoms with Crippen LogP contribution in [0.15, 0.2) is 52.2 Å². The molecule has 0 aliphatic heterocycles. The first-order chi connectivity index (χ1) is 16.7. The summed E-state index contributed by atoms with van der Waals surface area (Å²) >= 11 is 3.34. The molecule has 0 fully saturated rings. The number of thioether (sulfide) groups is 1. The van der Waals surface area contributed by atoms with Crippen LogP contribution in [0.3, 0.4) is 0 Å². The molecule has 172 valence electrons. The number of nitrogen functional groups attached to an aromatic ring is 1. The number of hydrogen-bond donors (Lipinski definition) is 1. The van der Waals surface area contributed by atoms with Gasteiger partial charge in [0.05, 0.1) is 23.9 Å². The maximum atomic E-state index is 6.41. The molecule has 5 aromatic rings. The van der Waals surface area contributed by atoms with E-state index in [-0.39, 0.29) is 0 Å². The molecular formula is C25H24N6OS2. The average Bonchev–Trinajstić information content (AvgIpc) is 3.57. The quantitative estimate of drug-likeness (QED) is 0.308. The third-order valence-corrected chi connectivity index (χ3v) is 8.25. The van der Waals surface area contributed by atoms with Crippen LogP contribution >= 0.6 is 23.1 Å². The first kappa shape index (κ1) is 21.4. The molecule has 0 atom stereocenters. The summed E-state index contributed by atoms with van der Waals surface area (Å²) in [6, 6.07) is 12.1. The van der Waals surface area contributed by atoms with Gasteiger partial charge in [0, 0.05) is 10.4 Å². The van der Waals surface area contributed by atoms with Gasteiger partial charge in [0.25, 0.3) is 0 Å². The van der Waals surface area contributed by atoms with E-state index in [4.69, 9.17) is 15.1 Å². The fourth-order valence-electron chi connectivity index (χ4n) is 4.52. The van der Waals surface area contributed by atoms with Crippen molar-refractivity contribution >= 4 is 39.1 Å². The zero-order valence-corrected chi connectivity index (χ0v) is 20.5. The van der Waals surface area contributed by atoms with Crippen LogP contribution in [0.1, 0.15) is 40.4 Å². The number of aromatic nitrogens is 5. The van der Waals surface area contributed by atoms with E-state index in [0.717, 1.165) is 51.2 Å². The highest BCUT2D eigenvalue weighted by Gasteiger charge is 2.21. The van der Waals surface area contributed by atoms with Crippen LogP contribution in [0.2, 0.25) is 0 Å². The van der Waals surface area contributed by atoms with E-state index in [2.05, 4.69) is 44.9 Å². The SMILES string of the molecule is Cc1cccc(-c2nnc(SCc3nc(N)c4c5c(sc4n3)CCCC5)n2Cc2ccco2)c1. The molecule has 0 spiro atoms. The molecule has 0 saturated heterocycles. The van der Waals surface area contributed by atoms with Gasteiger partial charge in [-0.05, 0) is 56.4 Å². The van der Waals surface area contributed by atoms with Gasteiger partial charge in [0.2, 0.25) is 0 Å². The number of thiophene rings is 1. The molecule has 0 bridgehead atoms. The highest BCUT2D eigenvalue weighted by Crippen LogP contribution is 2.38. The predicted octanol–water partition coefficient (Wildman–Crippen LogP) is 5.65. The van der Waals surface area contributed by atoms with Crippen molar-refractivity contribution in [3.05, 3.63) is 70.3 Å². The lowest BCUT2D eigenvalue weighted by molar-refractivity contribution is 0.485. The molecule has 4 aromatic heterocycles. The fraction of sp³-hybridized carbons (Fsp3) is 0.280. The van der Waals surface area contributed by atoms with Crippen molar-refractivity contribution in [3.8, 4) is 11.4 Å². The lowest BCUT2D eigenvalue weighted by atomic mass is 9.97. The third-order valence-electron chi connectivity index (χ3n) is 6.11. The summed E-state index contributed by atoms with van der Waals surface area (Å²) in [5.74, 6) is 3.54. The van der Waals surface area contributed by atoms with Gasteiger partial charge in [-0.25, -0.2) is 9.97 Å². The standard InChI is InChI=1S/C25H24N6OS2/c1-15-6-4-7-16(12-15)23-29-30-25(31(23)13-17-8-5-11-32-17)33-14-20-27-22(26)21-18-9-2-3-10-19(18)34-24(21)28-20/h4-8,11-12H,2-3,9-10,13-14H2,1H3,(H2,26,27,28). The second-order valence-electron chi connectivity index (χ2n) is 8.55. The molecule has 1 aliphatic rings. The van der Waals surface area contributed by atoms with E-state index in [1.54, 1.807) is 29.4 Å². The van der Waals surface area contributed by atoms with E-state index in [1.165, 1.54) is 28.8 Å². The van der Waals surface area contributed by atoms with Crippen molar-refractivity contribution in [3.63, 3.8) is 0 Å². The second-order valence-corrected chi connectivity index (χ2v) is 10.6. The number of rotatable bonds is 6. The minimum atomic E-state index is 0.547. The van der Waals surface area contributed by atoms with Crippen LogP contribution in [-0.4, -0.2) is 24.7 Å². The summed E-state index contributed by atoms with van der Waals surface area (Å²) in [4.78, 5) is 12.0. The zero-order chi connectivity index (χ0) is 23.1. The maximum absolute atomic E-state index is 6.41. The van der Waals surface area contributed by atoms with Crippen LogP contribution in [0.25, 0.3) is 21.6 Å². The minimum Gasteiger partial charge on any atom is -0.467 e. The molecule has 0 amide bonds. The number of furan rings is 1. The Bertz CT molecular complexity index is 1470. The zero-order valence-electron chi connectivity index (χ0n) is 18.8. The summed E-state index contributed by atoms with van der Waals surface area (Å²) in [5, 5.41) is 10.9. The van der Waals surface area contributed by atoms with Gasteiger partial charge < -0.3 is 10.2 Å². The lowest BCUT2D eigenvalue weighted by Crippen LogP contribution is -2.05. The van der Waals surface area contributed by atoms with Gasteiger partial charge in [-0.3, -0.25) is 4.57 Å². The smallest absolute Gasteiger partial charge is 0.192 e. The Morgan fingerprint density at radius 2 is 2.03 bits per heavy atom. The van der Waals surface area contributed by atoms with Crippen LogP contribution in [0, 0.1) is 6.92 Å². The Morgan fingerprint density at radius 3 is 2.88 bits per heavy atom. The molecule has 1 aliphatic carbocycles. The molecule has 34 heavy (non-hydrogen) atoms. The monoisotopic (exact) mass is 488 g/mol. The van der Waals surface area contributed by atoms with E-state index < -0.39 is 0 Å². The van der Waals surface area contributed by atoms with Crippen molar-refractivity contribution < 1.29 is 4.42 Å². The van der Waals surface area contributed by atoms with Crippen LogP contribution in [0.4, 0.5) is 5.82 Å². The summed E-state index contributed by atoms with van der Waals surface area (Å²) in [5.41, 5.74) is 9.98. The molecule has 1 aromatic carbocycles. The first-order valence-corrected chi connectivity index (χ1v) is 13.2. The number of nitrogens with two attached hydrogens (primary N) is 1. The number of anilines is 1. The molecular weight excluding hydrogens is 464 g/mol. The molecule has 2 N–H and O–H groups in total. The van der Waals surface area contributed by atoms with Crippen LogP contribution in [-0.2, 0) is 25.1 Å². The molecule has 9 heteroatoms. The number of nitrogens with zero attached hydrogens (tertiary/aromatic N) is 5. The van der Waals surface area contributed by atoms with Gasteiger partial charge in [-0.2, -0.15) is 0 Å². The van der Waals surface area contributed by atoms with Gasteiger partial charge >= 0.3 is 0 Å². The van der Waals surface area contributed by atoms with Gasteiger partial charge in [-0.15, -0.1) is 21.5 Å². The number of fused-ring (bicyclic) bond motifs is 3. The average molecular weight is 489 g/mol. The summed E-state index contributed by atoms with van der Waals surface area (Å²) in [7, 11) is 0. The van der Waals surface area contributed by atoms with Crippen molar-refractivity contribution in [2.45, 2.75) is 50.1 Å². The molecule has 7 nitrogen and oxygen atoms in total. The van der Waals surface area contributed by atoms with Crippen molar-refractivity contribution in [1.29, 1.82) is 0 Å². The molecule has 6 rings (SSSR count). The van der Waals surface area contributed by atoms with Crippen molar-refractivity contribution in [2.24, 2.45) is 0 Å². The van der Waals surface area contributed by atoms with Crippen molar-refractivity contribution in [1.82, 2.24) is 24.7 Å². The Labute approximate surface area is 205 Å². The highest BCUT2D eigenvalue weighted by molar-refractivity contribution is 7.98. The first-order valence-electron chi connectivity index (χ1n) is 11.4. The van der Waals surface area contributed by atoms with E-state index in [9.17, 15) is 0 Å². The normalized spacial score (nSPS) is 13.4. The van der Waals surface area contributed by atoms with Crippen LogP contribution < -0.4 is 5.73 Å². The largest absolute Gasteiger partial charge is 0.467 e. The highest BCUT2D eigenvalue weighted by atomic mass is 32.2. The van der Waals surface area contributed by atoms with Gasteiger partial charge in [0.15, 0.2) is 11.0 Å². The Morgan fingerprint density at radius 1 is 1.12 bits per heavy atom. The number of aryl methyl sites for hydroxylation is 3. The maximum Gasteiger partial charge on any atom is 0.192 e. The third kappa shape index (κ3) is 3.99. The summed E-state index contributed by atoms with van der Waals surface area (Å²) in [6.07, 6.45) is 6.34. The molecule has 0 unspecified atom stereocenters. The predicted molar refractivity (Wildman–Crippen MR) is 136 cm³/mol. The lowest BCUT2D eigenvalue weighted by Gasteiger charge is -2.11. The van der Waals surface area contributed by atoms with Gasteiger partial charge in [-0.1, -0.05) is 35.5 Å². The summed E-state index contributed by atoms with van der Waals surface area (Å²) in [6.45, 7) is 2.62. The van der Waals surface area contributed by atoms with Crippen molar-refractivity contribution in [2.75, 3.05) is 5.73 Å². The number of benzene rings is 1. The topological polar surface area (TPSA) is 95.6 Å². The van der Waals surface area contributed by atoms with E-state index >= 15 is 0 Å². The Kier molecular flexibility index (Phi) is 5.58.